The van der Waals surface area contributed by atoms with E-state index in [4.69, 9.17) is 5.73 Å². The Labute approximate surface area is 69.4 Å². The molecule has 0 unspecified atom stereocenters. The van der Waals surface area contributed by atoms with Crippen LogP contribution >= 0.6 is 0 Å². The van der Waals surface area contributed by atoms with Crippen molar-refractivity contribution in [1.82, 2.24) is 0 Å². The van der Waals surface area contributed by atoms with Crippen LogP contribution in [0.25, 0.3) is 0 Å². The Hall–Kier alpha value is -0.0400. The molecular weight excluding hydrogens is 134 g/mol. The summed E-state index contributed by atoms with van der Waals surface area (Å²) in [7, 11) is 0. The van der Waals surface area contributed by atoms with Crippen molar-refractivity contribution in [2.45, 2.75) is 38.5 Å². The van der Waals surface area contributed by atoms with Crippen LogP contribution in [-0.2, 0) is 0 Å². The molecule has 2 saturated carbocycles. The highest BCUT2D eigenvalue weighted by molar-refractivity contribution is 4.86. The standard InChI is InChI=1S/C10H19N/c11-7-8-5-9-3-1-2-4-10(9)6-8/h8-10H,1-7,11H2/t9-,10-/m0/s1. The maximum Gasteiger partial charge on any atom is -0.00487 e. The zero-order valence-corrected chi connectivity index (χ0v) is 7.26. The lowest BCUT2D eigenvalue weighted by atomic mass is 9.82. The fourth-order valence-corrected chi connectivity index (χ4v) is 3.05. The van der Waals surface area contributed by atoms with Crippen LogP contribution in [0.2, 0.25) is 0 Å². The summed E-state index contributed by atoms with van der Waals surface area (Å²) in [5.41, 5.74) is 5.69. The van der Waals surface area contributed by atoms with E-state index in [9.17, 15) is 0 Å². The summed E-state index contributed by atoms with van der Waals surface area (Å²) >= 11 is 0. The molecule has 0 aromatic carbocycles. The van der Waals surface area contributed by atoms with Crippen LogP contribution in [0, 0.1) is 17.8 Å². The molecule has 1 heteroatoms. The molecule has 2 N–H and O–H groups in total. The molecule has 2 atom stereocenters. The summed E-state index contributed by atoms with van der Waals surface area (Å²) in [6.45, 7) is 0.938. The molecule has 0 heterocycles. The molecule has 2 aliphatic carbocycles. The van der Waals surface area contributed by atoms with Crippen molar-refractivity contribution in [1.29, 1.82) is 0 Å². The quantitative estimate of drug-likeness (QED) is 0.614. The Morgan fingerprint density at radius 3 is 2.00 bits per heavy atom. The average Bonchev–Trinajstić information content (AvgIpc) is 2.46. The van der Waals surface area contributed by atoms with Gasteiger partial charge in [-0.05, 0) is 37.1 Å². The van der Waals surface area contributed by atoms with E-state index in [0.717, 1.165) is 24.3 Å². The third-order valence-electron chi connectivity index (χ3n) is 3.67. The lowest BCUT2D eigenvalue weighted by Gasteiger charge is -2.24. The first-order valence-electron chi connectivity index (χ1n) is 5.10. The first kappa shape index (κ1) is 7.60. The van der Waals surface area contributed by atoms with Crippen LogP contribution in [-0.4, -0.2) is 6.54 Å². The SMILES string of the molecule is NCC1C[C@@H]2CCCC[C@H]2C1. The maximum absolute atomic E-state index is 5.69. The van der Waals surface area contributed by atoms with Crippen LogP contribution in [0.3, 0.4) is 0 Å². The molecule has 1 nitrogen and oxygen atoms in total. The average molecular weight is 153 g/mol. The summed E-state index contributed by atoms with van der Waals surface area (Å²) in [5.74, 6) is 3.01. The summed E-state index contributed by atoms with van der Waals surface area (Å²) < 4.78 is 0. The molecule has 11 heavy (non-hydrogen) atoms. The minimum Gasteiger partial charge on any atom is -0.330 e. The minimum absolute atomic E-state index is 0.878. The molecule has 2 fully saturated rings. The van der Waals surface area contributed by atoms with Gasteiger partial charge in [0.1, 0.15) is 0 Å². The highest BCUT2D eigenvalue weighted by Crippen LogP contribution is 2.44. The van der Waals surface area contributed by atoms with E-state index >= 15 is 0 Å². The fourth-order valence-electron chi connectivity index (χ4n) is 3.05. The van der Waals surface area contributed by atoms with E-state index in [1.54, 1.807) is 0 Å². The van der Waals surface area contributed by atoms with Crippen LogP contribution < -0.4 is 5.73 Å². The summed E-state index contributed by atoms with van der Waals surface area (Å²) in [5, 5.41) is 0. The first-order valence-corrected chi connectivity index (χ1v) is 5.10. The molecular formula is C10H19N. The van der Waals surface area contributed by atoms with Crippen molar-refractivity contribution in [3.8, 4) is 0 Å². The summed E-state index contributed by atoms with van der Waals surface area (Å²) in [6, 6.07) is 0. The molecule has 0 amide bonds. The summed E-state index contributed by atoms with van der Waals surface area (Å²) in [6.07, 6.45) is 8.86. The van der Waals surface area contributed by atoms with Gasteiger partial charge in [-0.2, -0.15) is 0 Å². The van der Waals surface area contributed by atoms with Gasteiger partial charge < -0.3 is 5.73 Å². The van der Waals surface area contributed by atoms with E-state index in [2.05, 4.69) is 0 Å². The van der Waals surface area contributed by atoms with Crippen molar-refractivity contribution < 1.29 is 0 Å². The number of rotatable bonds is 1. The van der Waals surface area contributed by atoms with Gasteiger partial charge in [0.2, 0.25) is 0 Å². The van der Waals surface area contributed by atoms with Gasteiger partial charge in [-0.1, -0.05) is 25.7 Å². The summed E-state index contributed by atoms with van der Waals surface area (Å²) in [4.78, 5) is 0. The number of hydrogen-bond donors (Lipinski definition) is 1. The molecule has 2 rings (SSSR count). The van der Waals surface area contributed by atoms with Gasteiger partial charge in [0.05, 0.1) is 0 Å². The van der Waals surface area contributed by atoms with Crippen LogP contribution in [0.4, 0.5) is 0 Å². The van der Waals surface area contributed by atoms with Crippen molar-refractivity contribution in [2.75, 3.05) is 6.54 Å². The van der Waals surface area contributed by atoms with Gasteiger partial charge >= 0.3 is 0 Å². The fraction of sp³-hybridized carbons (Fsp3) is 1.00. The van der Waals surface area contributed by atoms with Crippen LogP contribution in [0.5, 0.6) is 0 Å². The van der Waals surface area contributed by atoms with E-state index < -0.39 is 0 Å². The monoisotopic (exact) mass is 153 g/mol. The normalized spacial score (nSPS) is 39.0. The second kappa shape index (κ2) is 3.14. The molecule has 0 saturated heterocycles. The third-order valence-corrected chi connectivity index (χ3v) is 3.67. The number of fused-ring (bicyclic) bond motifs is 1. The third kappa shape index (κ3) is 1.44. The molecule has 2 aliphatic rings. The largest absolute Gasteiger partial charge is 0.330 e. The van der Waals surface area contributed by atoms with Gasteiger partial charge in [-0.25, -0.2) is 0 Å². The molecule has 0 spiro atoms. The molecule has 0 bridgehead atoms. The first-order chi connectivity index (χ1) is 5.40. The van der Waals surface area contributed by atoms with E-state index in [-0.39, 0.29) is 0 Å². The van der Waals surface area contributed by atoms with E-state index in [1.165, 1.54) is 38.5 Å². The predicted octanol–water partition coefficient (Wildman–Crippen LogP) is 2.16. The Bertz CT molecular complexity index is 119. The second-order valence-electron chi connectivity index (χ2n) is 4.38. The highest BCUT2D eigenvalue weighted by atomic mass is 14.6. The van der Waals surface area contributed by atoms with Crippen molar-refractivity contribution in [3.63, 3.8) is 0 Å². The van der Waals surface area contributed by atoms with Gasteiger partial charge in [-0.15, -0.1) is 0 Å². The van der Waals surface area contributed by atoms with E-state index in [1.807, 2.05) is 0 Å². The molecule has 64 valence electrons. The smallest absolute Gasteiger partial charge is 0.00487 e. The van der Waals surface area contributed by atoms with Gasteiger partial charge in [0.15, 0.2) is 0 Å². The predicted molar refractivity (Wildman–Crippen MR) is 47.2 cm³/mol. The van der Waals surface area contributed by atoms with Gasteiger partial charge in [0, 0.05) is 0 Å². The zero-order chi connectivity index (χ0) is 7.68. The second-order valence-corrected chi connectivity index (χ2v) is 4.38. The van der Waals surface area contributed by atoms with Crippen LogP contribution in [0.1, 0.15) is 38.5 Å². The Kier molecular flexibility index (Phi) is 2.17. The molecule has 0 radical (unpaired) electrons. The Morgan fingerprint density at radius 2 is 1.55 bits per heavy atom. The molecule has 0 aliphatic heterocycles. The zero-order valence-electron chi connectivity index (χ0n) is 7.26. The Morgan fingerprint density at radius 1 is 1.00 bits per heavy atom. The Balaban J connectivity index is 1.92. The number of nitrogens with two attached hydrogens (primary N) is 1. The van der Waals surface area contributed by atoms with Crippen LogP contribution in [0.15, 0.2) is 0 Å². The van der Waals surface area contributed by atoms with Crippen molar-refractivity contribution in [2.24, 2.45) is 23.5 Å². The lowest BCUT2D eigenvalue weighted by molar-refractivity contribution is 0.277. The van der Waals surface area contributed by atoms with E-state index in [0.29, 0.717) is 0 Å². The topological polar surface area (TPSA) is 26.0 Å². The highest BCUT2D eigenvalue weighted by Gasteiger charge is 2.34. The van der Waals surface area contributed by atoms with Crippen molar-refractivity contribution in [3.05, 3.63) is 0 Å². The maximum atomic E-state index is 5.69. The number of hydrogen-bond acceptors (Lipinski definition) is 1. The van der Waals surface area contributed by atoms with Gasteiger partial charge in [0.25, 0.3) is 0 Å². The van der Waals surface area contributed by atoms with Crippen molar-refractivity contribution >= 4 is 0 Å². The van der Waals surface area contributed by atoms with Gasteiger partial charge in [-0.3, -0.25) is 0 Å². The molecule has 0 aromatic rings. The molecule has 0 aromatic heterocycles. The lowest BCUT2D eigenvalue weighted by Crippen LogP contribution is -2.12. The minimum atomic E-state index is 0.878.